The van der Waals surface area contributed by atoms with Gasteiger partial charge >= 0.3 is 0 Å². The van der Waals surface area contributed by atoms with Crippen LogP contribution in [-0.4, -0.2) is 49.0 Å². The van der Waals surface area contributed by atoms with E-state index in [1.165, 1.54) is 19.3 Å². The maximum Gasteiger partial charge on any atom is 0.119 e. The molecule has 118 valence electrons. The number of thioether (sulfide) groups is 1. The molecule has 5 heteroatoms. The second kappa shape index (κ2) is 7.92. The van der Waals surface area contributed by atoms with Gasteiger partial charge in [0, 0.05) is 17.8 Å². The van der Waals surface area contributed by atoms with Crippen LogP contribution in [0.3, 0.4) is 0 Å². The van der Waals surface area contributed by atoms with Crippen molar-refractivity contribution in [1.29, 1.82) is 0 Å². The molecule has 0 radical (unpaired) electrons. The molecule has 1 aliphatic rings. The summed E-state index contributed by atoms with van der Waals surface area (Å²) in [7, 11) is 1.63. The van der Waals surface area contributed by atoms with Gasteiger partial charge in [0.05, 0.1) is 7.11 Å². The van der Waals surface area contributed by atoms with Crippen molar-refractivity contribution in [2.45, 2.75) is 30.1 Å². The molecule has 1 aromatic rings. The van der Waals surface area contributed by atoms with Gasteiger partial charge in [-0.25, -0.2) is 0 Å². The lowest BCUT2D eigenvalue weighted by atomic mass is 9.84. The SMILES string of the molecule is COc1ccc(OCC(O)CNCC2(SC)CCC2)cc1. The van der Waals surface area contributed by atoms with Crippen LogP contribution in [-0.2, 0) is 0 Å². The molecule has 4 nitrogen and oxygen atoms in total. The standard InChI is InChI=1S/C16H25NO3S/c1-19-14-4-6-15(7-5-14)20-11-13(18)10-17-12-16(21-2)8-3-9-16/h4-7,13,17-18H,3,8-12H2,1-2H3. The van der Waals surface area contributed by atoms with Gasteiger partial charge in [-0.3, -0.25) is 0 Å². The van der Waals surface area contributed by atoms with E-state index < -0.39 is 6.10 Å². The Kier molecular flexibility index (Phi) is 6.21. The van der Waals surface area contributed by atoms with Gasteiger partial charge in [-0.1, -0.05) is 6.42 Å². The van der Waals surface area contributed by atoms with Crippen LogP contribution in [0.4, 0.5) is 0 Å². The quantitative estimate of drug-likeness (QED) is 0.733. The third kappa shape index (κ3) is 4.80. The summed E-state index contributed by atoms with van der Waals surface area (Å²) in [6, 6.07) is 7.38. The molecule has 0 aliphatic heterocycles. The lowest BCUT2D eigenvalue weighted by Crippen LogP contribution is -2.45. The summed E-state index contributed by atoms with van der Waals surface area (Å²) in [4.78, 5) is 0. The number of rotatable bonds is 9. The van der Waals surface area contributed by atoms with E-state index in [1.54, 1.807) is 7.11 Å². The number of hydrogen-bond acceptors (Lipinski definition) is 5. The molecule has 1 fully saturated rings. The Balaban J connectivity index is 1.63. The smallest absolute Gasteiger partial charge is 0.119 e. The third-order valence-electron chi connectivity index (χ3n) is 4.03. The summed E-state index contributed by atoms with van der Waals surface area (Å²) in [5, 5.41) is 13.3. The number of nitrogens with one attached hydrogen (secondary N) is 1. The van der Waals surface area contributed by atoms with E-state index in [-0.39, 0.29) is 0 Å². The van der Waals surface area contributed by atoms with Crippen LogP contribution in [0.1, 0.15) is 19.3 Å². The predicted molar refractivity (Wildman–Crippen MR) is 87.5 cm³/mol. The van der Waals surface area contributed by atoms with Crippen LogP contribution in [0.25, 0.3) is 0 Å². The second-order valence-electron chi connectivity index (χ2n) is 5.51. The van der Waals surface area contributed by atoms with Crippen LogP contribution < -0.4 is 14.8 Å². The van der Waals surface area contributed by atoms with E-state index in [9.17, 15) is 5.11 Å². The average molecular weight is 311 g/mol. The lowest BCUT2D eigenvalue weighted by Gasteiger charge is -2.40. The van der Waals surface area contributed by atoms with Crippen LogP contribution >= 0.6 is 11.8 Å². The Labute approximate surface area is 131 Å². The fraction of sp³-hybridized carbons (Fsp3) is 0.625. The van der Waals surface area contributed by atoms with Crippen LogP contribution in [0.15, 0.2) is 24.3 Å². The van der Waals surface area contributed by atoms with Crippen LogP contribution in [0.5, 0.6) is 11.5 Å². The maximum atomic E-state index is 9.95. The van der Waals surface area contributed by atoms with Gasteiger partial charge in [-0.05, 0) is 43.4 Å². The summed E-state index contributed by atoms with van der Waals surface area (Å²) >= 11 is 1.94. The molecule has 21 heavy (non-hydrogen) atoms. The third-order valence-corrected chi connectivity index (χ3v) is 5.45. The van der Waals surface area contributed by atoms with Gasteiger partial charge < -0.3 is 19.9 Å². The summed E-state index contributed by atoms with van der Waals surface area (Å²) in [5.74, 6) is 1.54. The van der Waals surface area contributed by atoms with Crippen molar-refractivity contribution in [2.24, 2.45) is 0 Å². The highest BCUT2D eigenvalue weighted by Gasteiger charge is 2.35. The molecule has 0 heterocycles. The molecule has 0 spiro atoms. The van der Waals surface area contributed by atoms with Gasteiger partial charge in [0.1, 0.15) is 24.2 Å². The van der Waals surface area contributed by atoms with Gasteiger partial charge in [0.25, 0.3) is 0 Å². The minimum atomic E-state index is -0.494. The van der Waals surface area contributed by atoms with Crippen molar-refractivity contribution in [3.63, 3.8) is 0 Å². The highest BCUT2D eigenvalue weighted by atomic mass is 32.2. The Morgan fingerprint density at radius 1 is 1.29 bits per heavy atom. The van der Waals surface area contributed by atoms with Crippen LogP contribution in [0, 0.1) is 0 Å². The van der Waals surface area contributed by atoms with E-state index in [0.717, 1.165) is 18.0 Å². The molecule has 2 rings (SSSR count). The average Bonchev–Trinajstić information content (AvgIpc) is 2.48. The zero-order chi connectivity index (χ0) is 15.1. The first-order valence-corrected chi connectivity index (χ1v) is 8.61. The van der Waals surface area contributed by atoms with E-state index in [1.807, 2.05) is 36.0 Å². The largest absolute Gasteiger partial charge is 0.497 e. The Morgan fingerprint density at radius 2 is 1.95 bits per heavy atom. The molecule has 0 amide bonds. The number of aliphatic hydroxyl groups is 1. The summed E-state index contributed by atoms with van der Waals surface area (Å²) in [6.07, 6.45) is 5.56. The van der Waals surface area contributed by atoms with Gasteiger partial charge in [-0.15, -0.1) is 0 Å². The van der Waals surface area contributed by atoms with Crippen molar-refractivity contribution in [2.75, 3.05) is 33.1 Å². The monoisotopic (exact) mass is 311 g/mol. The summed E-state index contributed by atoms with van der Waals surface area (Å²) in [6.45, 7) is 1.83. The molecule has 0 bridgehead atoms. The molecule has 1 saturated carbocycles. The minimum absolute atomic E-state index is 0.297. The molecule has 1 unspecified atom stereocenters. The fourth-order valence-electron chi connectivity index (χ4n) is 2.41. The zero-order valence-electron chi connectivity index (χ0n) is 12.8. The van der Waals surface area contributed by atoms with Crippen molar-refractivity contribution >= 4 is 11.8 Å². The summed E-state index contributed by atoms with van der Waals surface area (Å²) in [5.41, 5.74) is 0. The van der Waals surface area contributed by atoms with Crippen molar-refractivity contribution in [3.05, 3.63) is 24.3 Å². The van der Waals surface area contributed by atoms with E-state index in [0.29, 0.717) is 17.9 Å². The van der Waals surface area contributed by atoms with E-state index >= 15 is 0 Å². The Hall–Kier alpha value is -0.910. The lowest BCUT2D eigenvalue weighted by molar-refractivity contribution is 0.105. The molecule has 1 atom stereocenters. The fourth-order valence-corrected chi connectivity index (χ4v) is 3.36. The van der Waals surface area contributed by atoms with Gasteiger partial charge in [0.15, 0.2) is 0 Å². The molecule has 0 aromatic heterocycles. The van der Waals surface area contributed by atoms with Crippen LogP contribution in [0.2, 0.25) is 0 Å². The number of methoxy groups -OCH3 is 1. The second-order valence-corrected chi connectivity index (χ2v) is 6.79. The van der Waals surface area contributed by atoms with E-state index in [2.05, 4.69) is 11.6 Å². The first-order chi connectivity index (χ1) is 10.2. The number of hydrogen-bond donors (Lipinski definition) is 2. The summed E-state index contributed by atoms with van der Waals surface area (Å²) < 4.78 is 11.1. The highest BCUT2D eigenvalue weighted by Crippen LogP contribution is 2.42. The molecular weight excluding hydrogens is 286 g/mol. The number of benzene rings is 1. The van der Waals surface area contributed by atoms with E-state index in [4.69, 9.17) is 9.47 Å². The van der Waals surface area contributed by atoms with Gasteiger partial charge in [-0.2, -0.15) is 11.8 Å². The first-order valence-electron chi connectivity index (χ1n) is 7.38. The molecule has 1 aromatic carbocycles. The predicted octanol–water partition coefficient (Wildman–Crippen LogP) is 2.31. The first kappa shape index (κ1) is 16.5. The van der Waals surface area contributed by atoms with Gasteiger partial charge in [0.2, 0.25) is 0 Å². The van der Waals surface area contributed by atoms with Crippen molar-refractivity contribution in [1.82, 2.24) is 5.32 Å². The minimum Gasteiger partial charge on any atom is -0.497 e. The maximum absolute atomic E-state index is 9.95. The van der Waals surface area contributed by atoms with Crippen molar-refractivity contribution < 1.29 is 14.6 Å². The normalized spacial score (nSPS) is 17.9. The molecule has 2 N–H and O–H groups in total. The molecule has 1 aliphatic carbocycles. The molecule has 0 saturated heterocycles. The zero-order valence-corrected chi connectivity index (χ0v) is 13.6. The Morgan fingerprint density at radius 3 is 2.48 bits per heavy atom. The topological polar surface area (TPSA) is 50.7 Å². The number of aliphatic hydroxyl groups excluding tert-OH is 1. The Bertz CT molecular complexity index is 415. The highest BCUT2D eigenvalue weighted by molar-refractivity contribution is 8.00. The number of ether oxygens (including phenoxy) is 2. The molecular formula is C16H25NO3S. The van der Waals surface area contributed by atoms with Crippen molar-refractivity contribution in [3.8, 4) is 11.5 Å².